The number of hydrogen-bond donors (Lipinski definition) is 2. The molecule has 1 aliphatic rings. The maximum atomic E-state index is 12.1. The van der Waals surface area contributed by atoms with Crippen molar-refractivity contribution in [2.45, 2.75) is 19.1 Å². The summed E-state index contributed by atoms with van der Waals surface area (Å²) in [7, 11) is 0. The standard InChI is InChI=1S/C20H25N3O2/c1-3-5-10-19(21-4-2)20(25)22-13-18(24)15-23-12-11-16-8-6-7-9-17(16)14-23/h3-10,18,24H,1-2,11-15H2,(H,22,25)/b10-5-,21-19?. The third-order valence-electron chi connectivity index (χ3n) is 4.03. The smallest absolute Gasteiger partial charge is 0.269 e. The third kappa shape index (κ3) is 5.81. The minimum Gasteiger partial charge on any atom is -0.390 e. The Balaban J connectivity index is 1.82. The van der Waals surface area contributed by atoms with Gasteiger partial charge in [0.1, 0.15) is 5.71 Å². The number of carbonyl (C=O) groups excluding carboxylic acids is 1. The molecular formula is C20H25N3O2. The molecule has 5 heteroatoms. The van der Waals surface area contributed by atoms with Gasteiger partial charge in [0.15, 0.2) is 0 Å². The van der Waals surface area contributed by atoms with Gasteiger partial charge in [-0.3, -0.25) is 14.7 Å². The van der Waals surface area contributed by atoms with E-state index in [0.717, 1.165) is 19.5 Å². The van der Waals surface area contributed by atoms with Gasteiger partial charge in [-0.2, -0.15) is 0 Å². The van der Waals surface area contributed by atoms with Crippen LogP contribution in [0.5, 0.6) is 0 Å². The van der Waals surface area contributed by atoms with E-state index in [0.29, 0.717) is 6.54 Å². The maximum Gasteiger partial charge on any atom is 0.269 e. The average molecular weight is 339 g/mol. The van der Waals surface area contributed by atoms with E-state index in [1.54, 1.807) is 18.2 Å². The van der Waals surface area contributed by atoms with Crippen molar-refractivity contribution in [3.63, 3.8) is 0 Å². The Morgan fingerprint density at radius 2 is 2.12 bits per heavy atom. The molecule has 2 N–H and O–H groups in total. The molecule has 1 atom stereocenters. The molecule has 0 spiro atoms. The highest BCUT2D eigenvalue weighted by atomic mass is 16.3. The van der Waals surface area contributed by atoms with E-state index in [4.69, 9.17) is 0 Å². The summed E-state index contributed by atoms with van der Waals surface area (Å²) in [6, 6.07) is 8.37. The minimum absolute atomic E-state index is 0.176. The van der Waals surface area contributed by atoms with Crippen LogP contribution < -0.4 is 5.32 Å². The van der Waals surface area contributed by atoms with E-state index in [9.17, 15) is 9.90 Å². The molecule has 1 aromatic carbocycles. The Bertz CT molecular complexity index is 679. The van der Waals surface area contributed by atoms with Crippen LogP contribution in [0.25, 0.3) is 0 Å². The van der Waals surface area contributed by atoms with Gasteiger partial charge in [0, 0.05) is 32.4 Å². The molecule has 1 aromatic rings. The lowest BCUT2D eigenvalue weighted by Crippen LogP contribution is -2.43. The Morgan fingerprint density at radius 3 is 2.84 bits per heavy atom. The van der Waals surface area contributed by atoms with Gasteiger partial charge in [-0.05, 0) is 23.6 Å². The molecule has 0 radical (unpaired) electrons. The van der Waals surface area contributed by atoms with Crippen molar-refractivity contribution in [3.8, 4) is 0 Å². The van der Waals surface area contributed by atoms with Gasteiger partial charge in [-0.15, -0.1) is 0 Å². The number of fused-ring (bicyclic) bond motifs is 1. The number of amides is 1. The van der Waals surface area contributed by atoms with Crippen LogP contribution in [0, 0.1) is 0 Å². The molecule has 25 heavy (non-hydrogen) atoms. The number of allylic oxidation sites excluding steroid dienone is 2. The largest absolute Gasteiger partial charge is 0.390 e. The van der Waals surface area contributed by atoms with Crippen LogP contribution in [0.3, 0.4) is 0 Å². The van der Waals surface area contributed by atoms with E-state index in [-0.39, 0.29) is 18.2 Å². The molecule has 0 saturated heterocycles. The second-order valence-electron chi connectivity index (χ2n) is 5.91. The Morgan fingerprint density at radius 1 is 1.36 bits per heavy atom. The van der Waals surface area contributed by atoms with Crippen molar-refractivity contribution in [2.24, 2.45) is 4.99 Å². The topological polar surface area (TPSA) is 64.9 Å². The average Bonchev–Trinajstić information content (AvgIpc) is 2.63. The predicted molar refractivity (Wildman–Crippen MR) is 101 cm³/mol. The SMILES string of the molecule is C=C/C=C\C(=NC=C)C(=O)NCC(O)CN1CCc2ccccc2C1. The number of nitrogens with one attached hydrogen (secondary N) is 1. The van der Waals surface area contributed by atoms with E-state index >= 15 is 0 Å². The zero-order valence-electron chi connectivity index (χ0n) is 14.4. The summed E-state index contributed by atoms with van der Waals surface area (Å²) in [5.74, 6) is -0.346. The van der Waals surface area contributed by atoms with Crippen molar-refractivity contribution in [3.05, 3.63) is 73.0 Å². The molecule has 1 amide bonds. The van der Waals surface area contributed by atoms with Gasteiger partial charge < -0.3 is 10.4 Å². The molecule has 0 bridgehead atoms. The third-order valence-corrected chi connectivity index (χ3v) is 4.03. The zero-order valence-corrected chi connectivity index (χ0v) is 14.4. The Kier molecular flexibility index (Phi) is 7.32. The summed E-state index contributed by atoms with van der Waals surface area (Å²) < 4.78 is 0. The van der Waals surface area contributed by atoms with Crippen LogP contribution in [0.15, 0.2) is 66.8 Å². The summed E-state index contributed by atoms with van der Waals surface area (Å²) in [5, 5.41) is 12.9. The predicted octanol–water partition coefficient (Wildman–Crippen LogP) is 1.85. The van der Waals surface area contributed by atoms with Gasteiger partial charge in [0.25, 0.3) is 5.91 Å². The van der Waals surface area contributed by atoms with Crippen LogP contribution in [0.4, 0.5) is 0 Å². The molecular weight excluding hydrogens is 314 g/mol. The fourth-order valence-corrected chi connectivity index (χ4v) is 2.81. The monoisotopic (exact) mass is 339 g/mol. The highest BCUT2D eigenvalue weighted by molar-refractivity contribution is 6.43. The highest BCUT2D eigenvalue weighted by Gasteiger charge is 2.19. The Hall–Kier alpha value is -2.50. The molecule has 0 saturated carbocycles. The lowest BCUT2D eigenvalue weighted by molar-refractivity contribution is -0.115. The number of rotatable bonds is 8. The summed E-state index contributed by atoms with van der Waals surface area (Å²) >= 11 is 0. The second-order valence-corrected chi connectivity index (χ2v) is 5.91. The molecule has 0 aliphatic carbocycles. The maximum absolute atomic E-state index is 12.1. The van der Waals surface area contributed by atoms with Crippen molar-refractivity contribution in [1.29, 1.82) is 0 Å². The van der Waals surface area contributed by atoms with Crippen molar-refractivity contribution in [2.75, 3.05) is 19.6 Å². The molecule has 2 rings (SSSR count). The molecule has 5 nitrogen and oxygen atoms in total. The highest BCUT2D eigenvalue weighted by Crippen LogP contribution is 2.18. The van der Waals surface area contributed by atoms with Crippen LogP contribution >= 0.6 is 0 Å². The van der Waals surface area contributed by atoms with Gasteiger partial charge in [0.2, 0.25) is 0 Å². The van der Waals surface area contributed by atoms with Crippen LogP contribution in [-0.2, 0) is 17.8 Å². The molecule has 132 valence electrons. The van der Waals surface area contributed by atoms with E-state index < -0.39 is 6.10 Å². The van der Waals surface area contributed by atoms with Crippen LogP contribution in [0.1, 0.15) is 11.1 Å². The number of benzene rings is 1. The number of nitrogens with zero attached hydrogens (tertiary/aromatic N) is 2. The molecule has 1 aliphatic heterocycles. The summed E-state index contributed by atoms with van der Waals surface area (Å²) in [4.78, 5) is 18.2. The first-order chi connectivity index (χ1) is 12.1. The molecule has 0 aromatic heterocycles. The number of β-amino-alcohol motifs (C(OH)–C–C–N with tert-alkyl or cyclic N) is 1. The van der Waals surface area contributed by atoms with Crippen molar-refractivity contribution < 1.29 is 9.90 Å². The van der Waals surface area contributed by atoms with E-state index in [1.165, 1.54) is 17.3 Å². The van der Waals surface area contributed by atoms with Gasteiger partial charge in [-0.25, -0.2) is 0 Å². The number of aliphatic hydroxyl groups is 1. The minimum atomic E-state index is -0.637. The quantitative estimate of drug-likeness (QED) is 0.561. The number of aliphatic hydroxyl groups excluding tert-OH is 1. The number of aliphatic imine (C=N–C) groups is 1. The number of carbonyl (C=O) groups is 1. The molecule has 1 heterocycles. The summed E-state index contributed by atoms with van der Waals surface area (Å²) in [6.45, 7) is 9.49. The molecule has 1 unspecified atom stereocenters. The van der Waals surface area contributed by atoms with Crippen molar-refractivity contribution >= 4 is 11.6 Å². The lowest BCUT2D eigenvalue weighted by Gasteiger charge is -2.30. The van der Waals surface area contributed by atoms with Crippen LogP contribution in [0.2, 0.25) is 0 Å². The first-order valence-corrected chi connectivity index (χ1v) is 8.37. The first kappa shape index (κ1) is 18.8. The zero-order chi connectivity index (χ0) is 18.1. The Labute approximate surface area is 149 Å². The van der Waals surface area contributed by atoms with E-state index in [2.05, 4.69) is 46.6 Å². The fraction of sp³-hybridized carbons (Fsp3) is 0.300. The summed E-state index contributed by atoms with van der Waals surface area (Å²) in [6.07, 6.45) is 6.40. The van der Waals surface area contributed by atoms with Gasteiger partial charge in [0.05, 0.1) is 6.10 Å². The fourth-order valence-electron chi connectivity index (χ4n) is 2.81. The van der Waals surface area contributed by atoms with Gasteiger partial charge in [-0.1, -0.05) is 49.6 Å². The van der Waals surface area contributed by atoms with Crippen LogP contribution in [-0.4, -0.2) is 47.4 Å². The number of hydrogen-bond acceptors (Lipinski definition) is 4. The lowest BCUT2D eigenvalue weighted by atomic mass is 10.00. The molecule has 0 fully saturated rings. The van der Waals surface area contributed by atoms with E-state index in [1.807, 2.05) is 6.07 Å². The first-order valence-electron chi connectivity index (χ1n) is 8.37. The van der Waals surface area contributed by atoms with Crippen molar-refractivity contribution in [1.82, 2.24) is 10.2 Å². The second kappa shape index (κ2) is 9.71. The van der Waals surface area contributed by atoms with Gasteiger partial charge >= 0.3 is 0 Å². The summed E-state index contributed by atoms with van der Waals surface area (Å²) in [5.41, 5.74) is 2.91. The normalized spacial score (nSPS) is 16.3.